The van der Waals surface area contributed by atoms with Gasteiger partial charge in [0.05, 0.1) is 5.39 Å². The van der Waals surface area contributed by atoms with Crippen LogP contribution in [0.15, 0.2) is 23.1 Å². The van der Waals surface area contributed by atoms with Gasteiger partial charge in [0, 0.05) is 18.4 Å². The summed E-state index contributed by atoms with van der Waals surface area (Å²) in [5.41, 5.74) is 0.624. The molecule has 2 aromatic heterocycles. The first kappa shape index (κ1) is 11.3. The fraction of sp³-hybridized carbons (Fsp3) is 0.250. The molecular formula is C12H12N2O3. The van der Waals surface area contributed by atoms with E-state index in [-0.39, 0.29) is 5.56 Å². The maximum absolute atomic E-state index is 11.9. The van der Waals surface area contributed by atoms with Crippen LogP contribution in [-0.2, 0) is 6.54 Å². The predicted octanol–water partition coefficient (Wildman–Crippen LogP) is 1.42. The van der Waals surface area contributed by atoms with E-state index in [2.05, 4.69) is 4.98 Å². The average molecular weight is 233 g/mol. The molecule has 0 aromatic carbocycles. The molecule has 0 atom stereocenters. The summed E-state index contributed by atoms with van der Waals surface area (Å²) in [6.45, 7) is 4.27. The lowest BCUT2D eigenvalue weighted by Gasteiger charge is -2.09. The minimum Gasteiger partial charge on any atom is -0.477 e. The Morgan fingerprint density at radius 2 is 2.18 bits per heavy atom. The monoisotopic (exact) mass is 233 g/mol. The van der Waals surface area contributed by atoms with E-state index in [1.54, 1.807) is 16.7 Å². The zero-order valence-electron chi connectivity index (χ0n) is 9.60. The molecule has 0 bridgehead atoms. The van der Waals surface area contributed by atoms with Crippen LogP contribution < -0.4 is 5.43 Å². The summed E-state index contributed by atoms with van der Waals surface area (Å²) in [5, 5.41) is 9.31. The maximum Gasteiger partial charge on any atom is 0.341 e. The highest BCUT2D eigenvalue weighted by molar-refractivity contribution is 5.91. The number of aromatic nitrogens is 2. The summed E-state index contributed by atoms with van der Waals surface area (Å²) in [5.74, 6) is -1.21. The first-order valence-electron chi connectivity index (χ1n) is 5.28. The number of aryl methyl sites for hydroxylation is 2. The number of hydrogen-bond acceptors (Lipinski definition) is 3. The van der Waals surface area contributed by atoms with Gasteiger partial charge in [-0.25, -0.2) is 9.78 Å². The van der Waals surface area contributed by atoms with Gasteiger partial charge in [-0.3, -0.25) is 4.79 Å². The highest BCUT2D eigenvalue weighted by Crippen LogP contribution is 2.10. The molecule has 0 fully saturated rings. The van der Waals surface area contributed by atoms with Crippen LogP contribution in [0.4, 0.5) is 0 Å². The van der Waals surface area contributed by atoms with E-state index in [1.807, 2.05) is 13.8 Å². The van der Waals surface area contributed by atoms with E-state index < -0.39 is 11.4 Å². The van der Waals surface area contributed by atoms with E-state index in [1.165, 1.54) is 6.20 Å². The fourth-order valence-electron chi connectivity index (χ4n) is 1.75. The van der Waals surface area contributed by atoms with E-state index in [9.17, 15) is 9.59 Å². The second-order valence-corrected chi connectivity index (χ2v) is 3.79. The van der Waals surface area contributed by atoms with Crippen molar-refractivity contribution in [2.45, 2.75) is 20.4 Å². The Balaban J connectivity index is 2.95. The van der Waals surface area contributed by atoms with E-state index >= 15 is 0 Å². The summed E-state index contributed by atoms with van der Waals surface area (Å²) in [4.78, 5) is 27.2. The Bertz CT molecular complexity index is 659. The van der Waals surface area contributed by atoms with Crippen molar-refractivity contribution in [1.29, 1.82) is 0 Å². The standard InChI is InChI=1S/C12H12N2O3/c1-3-14-6-9(12(16)17)10(15)8-5-4-7(2)13-11(8)14/h4-6H,3H2,1-2H3,(H,16,17)/i12+1. The third-order valence-corrected chi connectivity index (χ3v) is 2.63. The van der Waals surface area contributed by atoms with Crippen molar-refractivity contribution in [3.8, 4) is 0 Å². The molecule has 1 N–H and O–H groups in total. The second kappa shape index (κ2) is 4.01. The summed E-state index contributed by atoms with van der Waals surface area (Å²) >= 11 is 0. The smallest absolute Gasteiger partial charge is 0.341 e. The molecular weight excluding hydrogens is 221 g/mol. The summed E-state index contributed by atoms with van der Waals surface area (Å²) in [6, 6.07) is 3.33. The lowest BCUT2D eigenvalue weighted by atomic mass is 10.2. The molecule has 88 valence electrons. The lowest BCUT2D eigenvalue weighted by Crippen LogP contribution is -2.19. The van der Waals surface area contributed by atoms with Crippen molar-refractivity contribution in [2.75, 3.05) is 0 Å². The van der Waals surface area contributed by atoms with Crippen molar-refractivity contribution < 1.29 is 9.90 Å². The number of hydrogen-bond donors (Lipinski definition) is 1. The summed E-state index contributed by atoms with van der Waals surface area (Å²) in [6.07, 6.45) is 1.35. The number of nitrogens with zero attached hydrogens (tertiary/aromatic N) is 2. The third-order valence-electron chi connectivity index (χ3n) is 2.63. The van der Waals surface area contributed by atoms with Gasteiger partial charge < -0.3 is 9.67 Å². The van der Waals surface area contributed by atoms with Crippen molar-refractivity contribution in [3.63, 3.8) is 0 Å². The van der Waals surface area contributed by atoms with Gasteiger partial charge in [0.25, 0.3) is 0 Å². The summed E-state index contributed by atoms with van der Waals surface area (Å²) in [7, 11) is 0. The second-order valence-electron chi connectivity index (χ2n) is 3.79. The van der Waals surface area contributed by atoms with Crippen LogP contribution in [-0.4, -0.2) is 20.6 Å². The number of rotatable bonds is 2. The van der Waals surface area contributed by atoms with Crippen molar-refractivity contribution in [3.05, 3.63) is 39.8 Å². The molecule has 0 unspecified atom stereocenters. The highest BCUT2D eigenvalue weighted by atomic mass is 16.5. The number of fused-ring (bicyclic) bond motifs is 1. The van der Waals surface area contributed by atoms with Crippen molar-refractivity contribution >= 4 is 17.0 Å². The van der Waals surface area contributed by atoms with Crippen LogP contribution in [0.25, 0.3) is 11.0 Å². The van der Waals surface area contributed by atoms with Gasteiger partial charge in [-0.1, -0.05) is 0 Å². The van der Waals surface area contributed by atoms with Gasteiger partial charge >= 0.3 is 5.97 Å². The Hall–Kier alpha value is -2.17. The first-order chi connectivity index (χ1) is 8.04. The predicted molar refractivity (Wildman–Crippen MR) is 63.4 cm³/mol. The largest absolute Gasteiger partial charge is 0.477 e. The topological polar surface area (TPSA) is 72.2 Å². The van der Waals surface area contributed by atoms with Crippen LogP contribution in [0, 0.1) is 6.92 Å². The van der Waals surface area contributed by atoms with Crippen LogP contribution in [0.3, 0.4) is 0 Å². The number of carboxylic acids is 1. The Morgan fingerprint density at radius 3 is 2.76 bits per heavy atom. The van der Waals surface area contributed by atoms with Crippen LogP contribution in [0.1, 0.15) is 23.0 Å². The van der Waals surface area contributed by atoms with Gasteiger partial charge in [-0.05, 0) is 26.0 Å². The van der Waals surface area contributed by atoms with Gasteiger partial charge in [0.2, 0.25) is 5.43 Å². The van der Waals surface area contributed by atoms with Crippen molar-refractivity contribution in [1.82, 2.24) is 9.55 Å². The molecule has 5 nitrogen and oxygen atoms in total. The quantitative estimate of drug-likeness (QED) is 0.796. The van der Waals surface area contributed by atoms with Crippen LogP contribution >= 0.6 is 0 Å². The molecule has 0 aliphatic carbocycles. The van der Waals surface area contributed by atoms with Gasteiger partial charge in [0.15, 0.2) is 0 Å². The minimum absolute atomic E-state index is 0.218. The maximum atomic E-state index is 11.9. The van der Waals surface area contributed by atoms with Crippen molar-refractivity contribution in [2.24, 2.45) is 0 Å². The zero-order valence-corrected chi connectivity index (χ0v) is 9.60. The number of carboxylic acid groups (broad SMARTS) is 1. The fourth-order valence-corrected chi connectivity index (χ4v) is 1.75. The van der Waals surface area contributed by atoms with E-state index in [0.29, 0.717) is 17.6 Å². The third kappa shape index (κ3) is 1.80. The van der Waals surface area contributed by atoms with Gasteiger partial charge in [0.1, 0.15) is 11.2 Å². The summed E-state index contributed by atoms with van der Waals surface area (Å²) < 4.78 is 1.67. The van der Waals surface area contributed by atoms with E-state index in [0.717, 1.165) is 5.69 Å². The number of pyridine rings is 2. The molecule has 2 rings (SSSR count). The SMILES string of the molecule is CCn1cc([13C](=O)O)c(=O)c2ccc(C)nc21. The molecule has 0 amide bonds. The highest BCUT2D eigenvalue weighted by Gasteiger charge is 2.14. The first-order valence-corrected chi connectivity index (χ1v) is 5.28. The normalized spacial score (nSPS) is 10.7. The Kier molecular flexibility index (Phi) is 2.67. The molecule has 2 heterocycles. The minimum atomic E-state index is -1.21. The number of aromatic carboxylic acids is 1. The number of carbonyl (C=O) groups is 1. The average Bonchev–Trinajstić information content (AvgIpc) is 2.29. The van der Waals surface area contributed by atoms with Crippen LogP contribution in [0.2, 0.25) is 0 Å². The molecule has 0 saturated heterocycles. The Morgan fingerprint density at radius 1 is 1.47 bits per heavy atom. The molecule has 0 aliphatic heterocycles. The lowest BCUT2D eigenvalue weighted by molar-refractivity contribution is 0.0695. The molecule has 2 aromatic rings. The zero-order chi connectivity index (χ0) is 12.6. The van der Waals surface area contributed by atoms with Gasteiger partial charge in [-0.15, -0.1) is 0 Å². The molecule has 17 heavy (non-hydrogen) atoms. The Labute approximate surface area is 97.3 Å². The van der Waals surface area contributed by atoms with Gasteiger partial charge in [-0.2, -0.15) is 0 Å². The molecule has 0 radical (unpaired) electrons. The molecule has 5 heteroatoms. The van der Waals surface area contributed by atoms with Crippen LogP contribution in [0.5, 0.6) is 0 Å². The van der Waals surface area contributed by atoms with E-state index in [4.69, 9.17) is 5.11 Å². The molecule has 0 saturated carbocycles. The molecule has 0 aliphatic rings. The molecule has 0 spiro atoms.